The predicted molar refractivity (Wildman–Crippen MR) is 157 cm³/mol. The number of alkyl carbamates (subject to hydrolysis) is 2. The lowest BCUT2D eigenvalue weighted by atomic mass is 10.1. The summed E-state index contributed by atoms with van der Waals surface area (Å²) in [6.07, 6.45) is -1.56. The van der Waals surface area contributed by atoms with Gasteiger partial charge in [-0.25, -0.2) is 9.59 Å². The van der Waals surface area contributed by atoms with Crippen LogP contribution in [-0.4, -0.2) is 146 Å². The Balaban J connectivity index is 2.04. The van der Waals surface area contributed by atoms with Gasteiger partial charge in [-0.05, 0) is 62.1 Å². The Bertz CT molecular complexity index is 873. The molecule has 14 nitrogen and oxygen atoms in total. The molecule has 0 bridgehead atoms. The largest absolute Gasteiger partial charge is 0.444 e. The molecule has 42 heavy (non-hydrogen) atoms. The molecule has 2 rings (SSSR count). The van der Waals surface area contributed by atoms with Crippen molar-refractivity contribution >= 4 is 29.9 Å². The molecule has 3 N–H and O–H groups in total. The van der Waals surface area contributed by atoms with Crippen LogP contribution in [-0.2, 0) is 23.9 Å². The number of piperazine rings is 2. The van der Waals surface area contributed by atoms with Gasteiger partial charge in [-0.3, -0.25) is 14.4 Å². The molecule has 2 atom stereocenters. The number of nitrogens with one attached hydrogen (secondary N) is 3. The van der Waals surface area contributed by atoms with Gasteiger partial charge in [0.25, 0.3) is 0 Å². The van der Waals surface area contributed by atoms with Gasteiger partial charge in [-0.1, -0.05) is 0 Å². The van der Waals surface area contributed by atoms with E-state index in [-0.39, 0.29) is 31.2 Å². The Labute approximate surface area is 249 Å². The van der Waals surface area contributed by atoms with Gasteiger partial charge in [0.15, 0.2) is 0 Å². The first-order chi connectivity index (χ1) is 19.4. The molecule has 2 saturated heterocycles. The lowest BCUT2D eigenvalue weighted by Crippen LogP contribution is -2.58. The van der Waals surface area contributed by atoms with E-state index in [1.165, 1.54) is 0 Å². The van der Waals surface area contributed by atoms with Gasteiger partial charge >= 0.3 is 12.2 Å². The Morgan fingerprint density at radius 2 is 1.02 bits per heavy atom. The SMILES string of the molecule is CN1CCN(C(=O)[C@H](CCC(=O)NC[C@H](NC(=O)OC(C)(C)C)C(=O)N2CCN(C)CC2)NC(=O)OC(C)(C)C)CC1. The fraction of sp³-hybridized carbons (Fsp3) is 0.821. The molecule has 0 aliphatic carbocycles. The Hall–Kier alpha value is -3.13. The van der Waals surface area contributed by atoms with Crippen LogP contribution < -0.4 is 16.0 Å². The number of carbonyl (C=O) groups excluding carboxylic acids is 5. The molecule has 0 saturated carbocycles. The normalized spacial score (nSPS) is 18.5. The number of rotatable bonds is 9. The van der Waals surface area contributed by atoms with Crippen LogP contribution in [0.5, 0.6) is 0 Å². The second kappa shape index (κ2) is 15.4. The van der Waals surface area contributed by atoms with Crippen LogP contribution in [0.4, 0.5) is 9.59 Å². The maximum absolute atomic E-state index is 13.3. The van der Waals surface area contributed by atoms with Crippen LogP contribution in [0.25, 0.3) is 0 Å². The van der Waals surface area contributed by atoms with Crippen molar-refractivity contribution in [3.8, 4) is 0 Å². The predicted octanol–water partition coefficient (Wildman–Crippen LogP) is 0.217. The van der Waals surface area contributed by atoms with E-state index in [4.69, 9.17) is 9.47 Å². The molecule has 2 aliphatic heterocycles. The summed E-state index contributed by atoms with van der Waals surface area (Å²) in [4.78, 5) is 72.0. The molecule has 0 aromatic heterocycles. The molecule has 240 valence electrons. The van der Waals surface area contributed by atoms with Crippen molar-refractivity contribution in [2.45, 2.75) is 77.7 Å². The van der Waals surface area contributed by atoms with Crippen LogP contribution in [0.15, 0.2) is 0 Å². The summed E-state index contributed by atoms with van der Waals surface area (Å²) in [6, 6.07) is -1.99. The monoisotopic (exact) mass is 597 g/mol. The van der Waals surface area contributed by atoms with E-state index >= 15 is 0 Å². The van der Waals surface area contributed by atoms with Gasteiger partial charge in [-0.15, -0.1) is 0 Å². The third kappa shape index (κ3) is 12.8. The number of ether oxygens (including phenoxy) is 2. The van der Waals surface area contributed by atoms with Crippen molar-refractivity contribution in [1.82, 2.24) is 35.6 Å². The highest BCUT2D eigenvalue weighted by Gasteiger charge is 2.32. The second-order valence-corrected chi connectivity index (χ2v) is 13.0. The van der Waals surface area contributed by atoms with E-state index < -0.39 is 41.4 Å². The van der Waals surface area contributed by atoms with Gasteiger partial charge in [0, 0.05) is 65.3 Å². The lowest BCUT2D eigenvalue weighted by Gasteiger charge is -2.35. The summed E-state index contributed by atoms with van der Waals surface area (Å²) >= 11 is 0. The van der Waals surface area contributed by atoms with Crippen molar-refractivity contribution in [3.05, 3.63) is 0 Å². The molecule has 2 aliphatic rings. The topological polar surface area (TPSA) is 153 Å². The average Bonchev–Trinajstić information content (AvgIpc) is 2.87. The van der Waals surface area contributed by atoms with Crippen molar-refractivity contribution in [2.75, 3.05) is 73.0 Å². The average molecular weight is 598 g/mol. The molecule has 0 aromatic rings. The summed E-state index contributed by atoms with van der Waals surface area (Å²) in [6.45, 7) is 15.0. The zero-order valence-corrected chi connectivity index (χ0v) is 26.6. The van der Waals surface area contributed by atoms with E-state index in [2.05, 4.69) is 25.8 Å². The van der Waals surface area contributed by atoms with Gasteiger partial charge in [0.1, 0.15) is 23.3 Å². The third-order valence-electron chi connectivity index (χ3n) is 6.77. The first kappa shape index (κ1) is 35.1. The van der Waals surface area contributed by atoms with Crippen LogP contribution >= 0.6 is 0 Å². The third-order valence-corrected chi connectivity index (χ3v) is 6.77. The van der Waals surface area contributed by atoms with E-state index in [9.17, 15) is 24.0 Å². The highest BCUT2D eigenvalue weighted by molar-refractivity contribution is 5.88. The Morgan fingerprint density at radius 3 is 1.43 bits per heavy atom. The zero-order chi connectivity index (χ0) is 31.7. The van der Waals surface area contributed by atoms with Crippen LogP contribution in [0, 0.1) is 0 Å². The highest BCUT2D eigenvalue weighted by Crippen LogP contribution is 2.12. The number of hydrogen-bond donors (Lipinski definition) is 3. The van der Waals surface area contributed by atoms with Crippen molar-refractivity contribution in [2.24, 2.45) is 0 Å². The molecular weight excluding hydrogens is 546 g/mol. The minimum Gasteiger partial charge on any atom is -0.444 e. The molecule has 0 spiro atoms. The summed E-state index contributed by atoms with van der Waals surface area (Å²) in [5.41, 5.74) is -1.52. The van der Waals surface area contributed by atoms with Crippen molar-refractivity contribution in [3.63, 3.8) is 0 Å². The standard InChI is InChI=1S/C28H51N7O7/c1-27(2,3)41-25(39)30-20(23(37)34-15-11-32(7)12-16-34)9-10-22(36)29-19-21(31-26(40)42-28(4,5)6)24(38)35-17-13-33(8)14-18-35/h20-21H,9-19H2,1-8H3,(H,29,36)(H,30,39)(H,31,40)/t20-,21-/m0/s1. The summed E-state index contributed by atoms with van der Waals surface area (Å²) < 4.78 is 10.7. The van der Waals surface area contributed by atoms with E-state index in [1.54, 1.807) is 51.3 Å². The quantitative estimate of drug-likeness (QED) is 0.339. The lowest BCUT2D eigenvalue weighted by molar-refractivity contribution is -0.135. The smallest absolute Gasteiger partial charge is 0.408 e. The first-order valence-electron chi connectivity index (χ1n) is 14.6. The van der Waals surface area contributed by atoms with Crippen molar-refractivity contribution in [1.29, 1.82) is 0 Å². The number of amides is 5. The molecule has 0 radical (unpaired) electrons. The van der Waals surface area contributed by atoms with Gasteiger partial charge < -0.3 is 45.0 Å². The van der Waals surface area contributed by atoms with Gasteiger partial charge in [0.2, 0.25) is 17.7 Å². The number of nitrogens with zero attached hydrogens (tertiary/aromatic N) is 4. The van der Waals surface area contributed by atoms with Crippen LogP contribution in [0.1, 0.15) is 54.4 Å². The number of likely N-dealkylation sites (N-methyl/N-ethyl adjacent to an activating group) is 2. The molecule has 5 amide bonds. The minimum absolute atomic E-state index is 0.0345. The first-order valence-corrected chi connectivity index (χ1v) is 14.6. The zero-order valence-electron chi connectivity index (χ0n) is 26.6. The summed E-state index contributed by atoms with van der Waals surface area (Å²) in [5, 5.41) is 7.93. The molecule has 2 heterocycles. The molecular formula is C28H51N7O7. The minimum atomic E-state index is -1.03. The summed E-state index contributed by atoms with van der Waals surface area (Å²) in [5.74, 6) is -1.03. The second-order valence-electron chi connectivity index (χ2n) is 13.0. The molecule has 2 fully saturated rings. The maximum atomic E-state index is 13.3. The fourth-order valence-corrected chi connectivity index (χ4v) is 4.43. The van der Waals surface area contributed by atoms with Gasteiger partial charge in [-0.2, -0.15) is 0 Å². The maximum Gasteiger partial charge on any atom is 0.408 e. The van der Waals surface area contributed by atoms with E-state index in [0.29, 0.717) is 52.4 Å². The van der Waals surface area contributed by atoms with E-state index in [0.717, 1.165) is 0 Å². The number of carbonyl (C=O) groups is 5. The number of hydrogen-bond acceptors (Lipinski definition) is 9. The van der Waals surface area contributed by atoms with E-state index in [1.807, 2.05) is 14.1 Å². The van der Waals surface area contributed by atoms with Crippen LogP contribution in [0.3, 0.4) is 0 Å². The van der Waals surface area contributed by atoms with Crippen molar-refractivity contribution < 1.29 is 33.4 Å². The fourth-order valence-electron chi connectivity index (χ4n) is 4.43. The molecule has 14 heteroatoms. The Morgan fingerprint density at radius 1 is 0.643 bits per heavy atom. The summed E-state index contributed by atoms with van der Waals surface area (Å²) in [7, 11) is 3.94. The van der Waals surface area contributed by atoms with Crippen LogP contribution in [0.2, 0.25) is 0 Å². The Kier molecular flexibility index (Phi) is 12.8. The van der Waals surface area contributed by atoms with Gasteiger partial charge in [0.05, 0.1) is 0 Å². The highest BCUT2D eigenvalue weighted by atomic mass is 16.6. The molecule has 0 unspecified atom stereocenters. The molecule has 0 aromatic carbocycles.